The van der Waals surface area contributed by atoms with E-state index >= 15 is 0 Å². The molecule has 1 fully saturated rings. The fourth-order valence-corrected chi connectivity index (χ4v) is 2.99. The summed E-state index contributed by atoms with van der Waals surface area (Å²) >= 11 is 6.05. The van der Waals surface area contributed by atoms with Crippen molar-refractivity contribution in [3.8, 4) is 5.75 Å². The van der Waals surface area contributed by atoms with Gasteiger partial charge < -0.3 is 23.7 Å². The monoisotopic (exact) mass is 445 g/mol. The lowest BCUT2D eigenvalue weighted by Crippen LogP contribution is -2.54. The molecule has 11 nitrogen and oxygen atoms in total. The molecule has 1 aromatic rings. The van der Waals surface area contributed by atoms with E-state index in [2.05, 4.69) is 0 Å². The third-order valence-corrected chi connectivity index (χ3v) is 4.24. The van der Waals surface area contributed by atoms with Gasteiger partial charge in [-0.15, -0.1) is 0 Å². The van der Waals surface area contributed by atoms with Gasteiger partial charge >= 0.3 is 17.9 Å². The molecule has 0 bridgehead atoms. The van der Waals surface area contributed by atoms with Crippen molar-refractivity contribution in [1.82, 2.24) is 0 Å². The normalized spacial score (nSPS) is 23.2. The van der Waals surface area contributed by atoms with Gasteiger partial charge in [0.1, 0.15) is 24.6 Å². The van der Waals surface area contributed by atoms with Crippen molar-refractivity contribution in [1.29, 1.82) is 0 Å². The summed E-state index contributed by atoms with van der Waals surface area (Å²) < 4.78 is 26.8. The number of hydrogen-bond donors (Lipinski definition) is 0. The smallest absolute Gasteiger partial charge is 0.303 e. The third-order valence-electron chi connectivity index (χ3n) is 3.95. The molecule has 0 N–H and O–H groups in total. The molecular weight excluding hydrogens is 426 g/mol. The molecule has 4 atom stereocenters. The minimum Gasteiger partial charge on any atom is -0.463 e. The Morgan fingerprint density at radius 2 is 1.77 bits per heavy atom. The van der Waals surface area contributed by atoms with Crippen molar-refractivity contribution in [3.05, 3.63) is 33.3 Å². The zero-order valence-electron chi connectivity index (χ0n) is 16.4. The van der Waals surface area contributed by atoms with Crippen LogP contribution in [0.15, 0.2) is 18.2 Å². The van der Waals surface area contributed by atoms with Crippen molar-refractivity contribution in [2.75, 3.05) is 6.61 Å². The highest BCUT2D eigenvalue weighted by atomic mass is 35.5. The average molecular weight is 446 g/mol. The predicted molar refractivity (Wildman–Crippen MR) is 99.8 cm³/mol. The van der Waals surface area contributed by atoms with Crippen LogP contribution in [0.1, 0.15) is 27.2 Å². The third kappa shape index (κ3) is 6.56. The molecule has 0 amide bonds. The fraction of sp³-hybridized carbons (Fsp3) is 0.500. The summed E-state index contributed by atoms with van der Waals surface area (Å²) in [7, 11) is 0. The number of halogens is 1. The lowest BCUT2D eigenvalue weighted by atomic mass is 10.0. The first-order chi connectivity index (χ1) is 14.1. The van der Waals surface area contributed by atoms with Crippen LogP contribution in [0.25, 0.3) is 0 Å². The molecule has 30 heavy (non-hydrogen) atoms. The van der Waals surface area contributed by atoms with Gasteiger partial charge in [-0.05, 0) is 6.07 Å². The van der Waals surface area contributed by atoms with Gasteiger partial charge in [0, 0.05) is 39.3 Å². The molecule has 0 spiro atoms. The number of nitro groups is 1. The highest BCUT2D eigenvalue weighted by Gasteiger charge is 2.43. The van der Waals surface area contributed by atoms with Crippen molar-refractivity contribution in [3.63, 3.8) is 0 Å². The fourth-order valence-electron chi connectivity index (χ4n) is 2.77. The summed E-state index contributed by atoms with van der Waals surface area (Å²) in [6.07, 6.45) is -3.99. The Morgan fingerprint density at radius 1 is 1.13 bits per heavy atom. The van der Waals surface area contributed by atoms with Crippen molar-refractivity contribution < 1.29 is 43.0 Å². The maximum Gasteiger partial charge on any atom is 0.303 e. The maximum atomic E-state index is 11.5. The van der Waals surface area contributed by atoms with Gasteiger partial charge in [-0.3, -0.25) is 24.5 Å². The van der Waals surface area contributed by atoms with Crippen LogP contribution in [0.3, 0.4) is 0 Å². The molecule has 1 heterocycles. The van der Waals surface area contributed by atoms with E-state index in [-0.39, 0.29) is 29.5 Å². The molecule has 0 aliphatic carbocycles. The largest absolute Gasteiger partial charge is 0.463 e. The second kappa shape index (κ2) is 10.2. The molecule has 1 saturated heterocycles. The number of ether oxygens (including phenoxy) is 5. The zero-order valence-corrected chi connectivity index (χ0v) is 17.1. The predicted octanol–water partition coefficient (Wildman–Crippen LogP) is 2.17. The molecule has 1 aliphatic rings. The second-order valence-electron chi connectivity index (χ2n) is 6.37. The highest BCUT2D eigenvalue weighted by Crippen LogP contribution is 2.33. The number of nitro benzene ring substituents is 1. The Morgan fingerprint density at radius 3 is 2.30 bits per heavy atom. The summed E-state index contributed by atoms with van der Waals surface area (Å²) in [4.78, 5) is 44.4. The van der Waals surface area contributed by atoms with Gasteiger partial charge in [0.05, 0.1) is 9.95 Å². The van der Waals surface area contributed by atoms with E-state index < -0.39 is 47.4 Å². The van der Waals surface area contributed by atoms with E-state index in [0.717, 1.165) is 6.07 Å². The molecule has 2 rings (SSSR count). The topological polar surface area (TPSA) is 141 Å². The first-order valence-electron chi connectivity index (χ1n) is 8.80. The first kappa shape index (κ1) is 23.4. The molecule has 12 heteroatoms. The quantitative estimate of drug-likeness (QED) is 0.265. The summed E-state index contributed by atoms with van der Waals surface area (Å²) in [5.41, 5.74) is -0.240. The van der Waals surface area contributed by atoms with Crippen LogP contribution in [0.5, 0.6) is 5.75 Å². The number of non-ortho nitro benzene ring substituents is 1. The maximum absolute atomic E-state index is 11.5. The van der Waals surface area contributed by atoms with Crippen LogP contribution in [0.4, 0.5) is 5.69 Å². The van der Waals surface area contributed by atoms with Crippen LogP contribution in [-0.4, -0.2) is 54.0 Å². The SMILES string of the molecule is CC(=O)OC[C@H]1O[C@@H](Oc2ccc([N+](=O)[O-])cc2Cl)[C@H](OC(C)=O)C[C@@H]1OC(C)=O. The number of carbonyl (C=O) groups excluding carboxylic acids is 3. The van der Waals surface area contributed by atoms with Gasteiger partial charge in [0.25, 0.3) is 5.69 Å². The second-order valence-corrected chi connectivity index (χ2v) is 6.77. The van der Waals surface area contributed by atoms with Crippen LogP contribution < -0.4 is 4.74 Å². The van der Waals surface area contributed by atoms with Crippen molar-refractivity contribution in [2.24, 2.45) is 0 Å². The lowest BCUT2D eigenvalue weighted by Gasteiger charge is -2.39. The summed E-state index contributed by atoms with van der Waals surface area (Å²) in [6, 6.07) is 3.55. The van der Waals surface area contributed by atoms with E-state index in [4.69, 9.17) is 35.3 Å². The van der Waals surface area contributed by atoms with E-state index in [1.54, 1.807) is 0 Å². The summed E-state index contributed by atoms with van der Waals surface area (Å²) in [6.45, 7) is 3.34. The Kier molecular flexibility index (Phi) is 7.95. The molecule has 1 aromatic carbocycles. The number of nitrogens with zero attached hydrogens (tertiary/aromatic N) is 1. The van der Waals surface area contributed by atoms with E-state index in [1.807, 2.05) is 0 Å². The van der Waals surface area contributed by atoms with Gasteiger partial charge in [0.15, 0.2) is 6.10 Å². The Bertz CT molecular complexity index is 829. The average Bonchev–Trinajstić information content (AvgIpc) is 2.62. The van der Waals surface area contributed by atoms with E-state index in [1.165, 1.54) is 32.9 Å². The minimum absolute atomic E-state index is 0.000356. The van der Waals surface area contributed by atoms with Gasteiger partial charge in [-0.1, -0.05) is 11.6 Å². The van der Waals surface area contributed by atoms with Gasteiger partial charge in [-0.25, -0.2) is 0 Å². The Balaban J connectivity index is 2.26. The highest BCUT2D eigenvalue weighted by molar-refractivity contribution is 6.32. The number of rotatable bonds is 7. The van der Waals surface area contributed by atoms with Gasteiger partial charge in [-0.2, -0.15) is 0 Å². The Labute approximate surface area is 176 Å². The number of hydrogen-bond acceptors (Lipinski definition) is 10. The van der Waals surface area contributed by atoms with Crippen LogP contribution >= 0.6 is 11.6 Å². The van der Waals surface area contributed by atoms with Crippen LogP contribution in [0.2, 0.25) is 5.02 Å². The molecule has 0 unspecified atom stereocenters. The molecule has 1 aliphatic heterocycles. The number of esters is 3. The molecule has 0 aromatic heterocycles. The zero-order chi connectivity index (χ0) is 22.4. The molecule has 0 radical (unpaired) electrons. The minimum atomic E-state index is -1.21. The van der Waals surface area contributed by atoms with Crippen LogP contribution in [0, 0.1) is 10.1 Å². The van der Waals surface area contributed by atoms with Gasteiger partial charge in [0.2, 0.25) is 6.29 Å². The number of benzene rings is 1. The lowest BCUT2D eigenvalue weighted by molar-refractivity contribution is -0.384. The molecule has 0 saturated carbocycles. The first-order valence-corrected chi connectivity index (χ1v) is 9.18. The van der Waals surface area contributed by atoms with E-state index in [9.17, 15) is 24.5 Å². The molecular formula is C18H20ClNO10. The standard InChI is InChI=1S/C18H20ClNO10/c1-9(21)26-8-17-15(27-10(2)22)7-16(28-11(3)23)18(30-17)29-14-5-4-12(20(24)25)6-13(14)19/h4-6,15-18H,7-8H2,1-3H3/t15-,16+,17+,18+/m0/s1. The van der Waals surface area contributed by atoms with E-state index in [0.29, 0.717) is 0 Å². The summed E-state index contributed by atoms with van der Waals surface area (Å²) in [5.74, 6) is -1.76. The molecule has 164 valence electrons. The number of carbonyl (C=O) groups is 3. The van der Waals surface area contributed by atoms with Crippen molar-refractivity contribution >= 4 is 35.2 Å². The Hall–Kier alpha value is -2.92. The van der Waals surface area contributed by atoms with Crippen molar-refractivity contribution in [2.45, 2.75) is 51.8 Å². The van der Waals surface area contributed by atoms with Crippen LogP contribution in [-0.2, 0) is 33.3 Å². The summed E-state index contributed by atoms with van der Waals surface area (Å²) in [5, 5.41) is 10.8.